The van der Waals surface area contributed by atoms with Gasteiger partial charge in [0.2, 0.25) is 0 Å². The van der Waals surface area contributed by atoms with E-state index in [1.807, 2.05) is 0 Å². The molecule has 0 atom stereocenters. The van der Waals surface area contributed by atoms with E-state index in [4.69, 9.17) is 0 Å². The molecule has 0 saturated heterocycles. The van der Waals surface area contributed by atoms with Gasteiger partial charge < -0.3 is 54.0 Å². The molecule has 0 radical (unpaired) electrons. The van der Waals surface area contributed by atoms with Gasteiger partial charge in [-0.15, -0.1) is 0 Å². The van der Waals surface area contributed by atoms with Gasteiger partial charge in [-0.25, -0.2) is 0 Å². The van der Waals surface area contributed by atoms with Gasteiger partial charge in [0.05, 0.1) is 0 Å². The van der Waals surface area contributed by atoms with Crippen molar-refractivity contribution in [3.63, 3.8) is 0 Å². The van der Waals surface area contributed by atoms with Crippen molar-refractivity contribution in [1.29, 1.82) is 0 Å². The number of rotatable bonds is 0. The van der Waals surface area contributed by atoms with Crippen LogP contribution in [0, 0.1) is 0 Å². The summed E-state index contributed by atoms with van der Waals surface area (Å²) in [5, 5.41) is 0. The van der Waals surface area contributed by atoms with Gasteiger partial charge in [-0.1, -0.05) is 0 Å². The molecule has 0 fully saturated rings. The van der Waals surface area contributed by atoms with E-state index in [1.165, 1.54) is 0 Å². The summed E-state index contributed by atoms with van der Waals surface area (Å²) in [5.41, 5.74) is 0. The minimum absolute atomic E-state index is 0. The van der Waals surface area contributed by atoms with Gasteiger partial charge in [-0.2, -0.15) is 0 Å². The molecule has 0 aromatic carbocycles. The molecule has 0 aromatic heterocycles. The molecule has 5 heavy (non-hydrogen) atoms. The van der Waals surface area contributed by atoms with E-state index in [2.05, 4.69) is 0 Å². The largest absolute Gasteiger partial charge is 4.00 e. The fraction of sp³-hybridized carbons (Fsp3) is 0. The van der Waals surface area contributed by atoms with Crippen LogP contribution in [0.3, 0.4) is 0 Å². The Morgan fingerprint density at radius 1 is 0.400 bits per heavy atom. The molecule has 0 aliphatic carbocycles. The van der Waals surface area contributed by atoms with Crippen LogP contribution >= 0.6 is 0 Å². The van der Waals surface area contributed by atoms with Gasteiger partial charge >= 0.3 is 17.1 Å². The average molecular weight is 188 g/mol. The first-order valence-corrected chi connectivity index (χ1v) is 0. The molecule has 0 bridgehead atoms. The number of hydrogen-bond acceptors (Lipinski definition) is 4. The average Bonchev–Trinajstić information content (AvgIpc) is 0. The third-order valence-electron chi connectivity index (χ3n) is 0. The maximum absolute atomic E-state index is 0. The Balaban J connectivity index is 0. The second kappa shape index (κ2) is 38.9. The van der Waals surface area contributed by atoms with Crippen LogP contribution < -0.4 is 0 Å². The van der Waals surface area contributed by atoms with Crippen molar-refractivity contribution < 1.29 is 17.1 Å². The summed E-state index contributed by atoms with van der Waals surface area (Å²) in [4.78, 5) is 0. The van der Waals surface area contributed by atoms with Crippen molar-refractivity contribution in [2.75, 3.05) is 0 Å². The van der Waals surface area contributed by atoms with Crippen molar-refractivity contribution >= 4 is 54.0 Å². The molecular formula is H4FeS4. The minimum atomic E-state index is 0. The fourth-order valence-electron chi connectivity index (χ4n) is 0. The Hall–Kier alpha value is 1.92. The Labute approximate surface area is 70.7 Å². The summed E-state index contributed by atoms with van der Waals surface area (Å²) in [6.45, 7) is 0. The maximum atomic E-state index is 0. The molecule has 0 aliphatic heterocycles. The first kappa shape index (κ1) is 65.8. The summed E-state index contributed by atoms with van der Waals surface area (Å²) in [6.07, 6.45) is 0. The summed E-state index contributed by atoms with van der Waals surface area (Å²) in [6, 6.07) is 0. The third kappa shape index (κ3) is 24.7. The second-order valence-corrected chi connectivity index (χ2v) is 0. The monoisotopic (exact) mass is 188 g/mol. The van der Waals surface area contributed by atoms with Crippen LogP contribution in [0.15, 0.2) is 0 Å². The summed E-state index contributed by atoms with van der Waals surface area (Å²) in [5.74, 6) is 0. The van der Waals surface area contributed by atoms with E-state index in [9.17, 15) is 0 Å². The van der Waals surface area contributed by atoms with Crippen molar-refractivity contribution in [3.8, 4) is 0 Å². The van der Waals surface area contributed by atoms with E-state index in [0.29, 0.717) is 0 Å². The minimum Gasteiger partial charge on any atom is -0.813 e. The zero-order chi connectivity index (χ0) is 0. The van der Waals surface area contributed by atoms with Crippen LogP contribution in [-0.4, -0.2) is 0 Å². The fourth-order valence-corrected chi connectivity index (χ4v) is 0. The summed E-state index contributed by atoms with van der Waals surface area (Å²) >= 11 is 0. The zero-order valence-corrected chi connectivity index (χ0v) is 6.82. The molecule has 0 heterocycles. The molecule has 0 aromatic rings. The van der Waals surface area contributed by atoms with Gasteiger partial charge in [0.1, 0.15) is 0 Å². The van der Waals surface area contributed by atoms with Crippen molar-refractivity contribution in [1.82, 2.24) is 0 Å². The van der Waals surface area contributed by atoms with E-state index in [0.717, 1.165) is 0 Å². The van der Waals surface area contributed by atoms with E-state index in [1.54, 1.807) is 0 Å². The van der Waals surface area contributed by atoms with Gasteiger partial charge in [0.15, 0.2) is 0 Å². The smallest absolute Gasteiger partial charge is 0.813 e. The summed E-state index contributed by atoms with van der Waals surface area (Å²) < 4.78 is 0. The molecular weight excluding hydrogens is 184 g/mol. The molecule has 0 saturated carbocycles. The van der Waals surface area contributed by atoms with E-state index in [-0.39, 0.29) is 71.1 Å². The Bertz CT molecular complexity index is 3.61. The second-order valence-electron chi connectivity index (χ2n) is 0. The molecule has 36 valence electrons. The maximum Gasteiger partial charge on any atom is 4.00 e. The van der Waals surface area contributed by atoms with Gasteiger partial charge in [0.25, 0.3) is 0 Å². The summed E-state index contributed by atoms with van der Waals surface area (Å²) in [7, 11) is 0. The topological polar surface area (TPSA) is 0 Å². The van der Waals surface area contributed by atoms with Crippen molar-refractivity contribution in [2.45, 2.75) is 0 Å². The van der Waals surface area contributed by atoms with Crippen LogP contribution in [0.2, 0.25) is 0 Å². The molecule has 0 rings (SSSR count). The van der Waals surface area contributed by atoms with Gasteiger partial charge in [-0.3, -0.25) is 0 Å². The van der Waals surface area contributed by atoms with Crippen LogP contribution in [0.4, 0.5) is 0 Å². The third-order valence-corrected chi connectivity index (χ3v) is 0. The van der Waals surface area contributed by atoms with Crippen LogP contribution in [0.5, 0.6) is 0 Å². The molecule has 0 unspecified atom stereocenters. The van der Waals surface area contributed by atoms with Crippen LogP contribution in [0.1, 0.15) is 0 Å². The molecule has 0 amide bonds. The molecule has 0 spiro atoms. The Kier molecular flexibility index (Phi) is 512. The van der Waals surface area contributed by atoms with Gasteiger partial charge in [0, 0.05) is 0 Å². The van der Waals surface area contributed by atoms with Gasteiger partial charge in [-0.05, 0) is 0 Å². The van der Waals surface area contributed by atoms with Crippen LogP contribution in [-0.2, 0) is 71.1 Å². The molecule has 5 heteroatoms. The first-order valence-electron chi connectivity index (χ1n) is 0. The van der Waals surface area contributed by atoms with Crippen molar-refractivity contribution in [2.24, 2.45) is 0 Å². The molecule has 0 N–H and O–H groups in total. The zero-order valence-electron chi connectivity index (χ0n) is 2.14. The van der Waals surface area contributed by atoms with E-state index >= 15 is 0 Å². The predicted octanol–water partition coefficient (Wildman–Crippen LogP) is -1.08. The Morgan fingerprint density at radius 2 is 0.400 bits per heavy atom. The molecule has 0 aliphatic rings. The van der Waals surface area contributed by atoms with E-state index < -0.39 is 0 Å². The standard InChI is InChI=1S/Fe.4H2S/h;4*1H2/q+4;;;;/p-4. The number of thiol groups is 4. The Morgan fingerprint density at radius 3 is 0.400 bits per heavy atom. The van der Waals surface area contributed by atoms with Crippen molar-refractivity contribution in [3.05, 3.63) is 0 Å². The normalized spacial score (nSPS) is 0. The SMILES string of the molecule is [Fe+4].[SH-].[SH-].[SH-].[SH-]. The first-order chi connectivity index (χ1) is 0. The predicted molar refractivity (Wildman–Crippen MR) is 35.0 cm³/mol. The van der Waals surface area contributed by atoms with Crippen LogP contribution in [0.25, 0.3) is 0 Å². The molecule has 0 nitrogen and oxygen atoms in total. The quantitative estimate of drug-likeness (QED) is 0.269. The number of hydrogen-bond donors (Lipinski definition) is 0.